The molecule has 0 radical (unpaired) electrons. The van der Waals surface area contributed by atoms with Gasteiger partial charge in [0.25, 0.3) is 0 Å². The summed E-state index contributed by atoms with van der Waals surface area (Å²) in [6.45, 7) is 9.53. The van der Waals surface area contributed by atoms with Crippen LogP contribution in [0.4, 0.5) is 0 Å². The Morgan fingerprint density at radius 2 is 2.14 bits per heavy atom. The minimum Gasteiger partial charge on any atom is -0.382 e. The molecule has 1 aromatic rings. The molecule has 1 heterocycles. The number of nitrogens with zero attached hydrogens (tertiary/aromatic N) is 2. The van der Waals surface area contributed by atoms with Crippen molar-refractivity contribution in [1.29, 1.82) is 0 Å². The van der Waals surface area contributed by atoms with Gasteiger partial charge >= 0.3 is 0 Å². The molecule has 0 saturated heterocycles. The van der Waals surface area contributed by atoms with Crippen LogP contribution in [0.3, 0.4) is 0 Å². The summed E-state index contributed by atoms with van der Waals surface area (Å²) >= 11 is 0. The largest absolute Gasteiger partial charge is 0.382 e. The Kier molecular flexibility index (Phi) is 9.30. The third-order valence-electron chi connectivity index (χ3n) is 3.60. The zero-order chi connectivity index (χ0) is 15.5. The second-order valence-corrected chi connectivity index (χ2v) is 5.47. The van der Waals surface area contributed by atoms with E-state index in [0.29, 0.717) is 31.9 Å². The molecule has 21 heavy (non-hydrogen) atoms. The predicted molar refractivity (Wildman–Crippen MR) is 85.7 cm³/mol. The van der Waals surface area contributed by atoms with Gasteiger partial charge in [-0.15, -0.1) is 0 Å². The average Bonchev–Trinajstić information content (AvgIpc) is 2.96. The number of aromatic nitrogens is 2. The van der Waals surface area contributed by atoms with Gasteiger partial charge in [0.1, 0.15) is 0 Å². The summed E-state index contributed by atoms with van der Waals surface area (Å²) in [7, 11) is 1.69. The van der Waals surface area contributed by atoms with E-state index in [0.717, 1.165) is 31.5 Å². The Labute approximate surface area is 129 Å². The minimum atomic E-state index is 0.307. The molecule has 2 atom stereocenters. The molecule has 0 spiro atoms. The molecule has 1 N–H and O–H groups in total. The monoisotopic (exact) mass is 297 g/mol. The van der Waals surface area contributed by atoms with Crippen LogP contribution < -0.4 is 5.32 Å². The molecule has 0 aliphatic heterocycles. The van der Waals surface area contributed by atoms with Gasteiger partial charge in [-0.25, -0.2) is 0 Å². The highest BCUT2D eigenvalue weighted by Crippen LogP contribution is 2.10. The number of hydrogen-bond acceptors (Lipinski definition) is 4. The Balaban J connectivity index is 2.48. The van der Waals surface area contributed by atoms with Crippen LogP contribution in [0.25, 0.3) is 0 Å². The van der Waals surface area contributed by atoms with E-state index in [-0.39, 0.29) is 0 Å². The molecule has 0 aliphatic rings. The molecule has 0 saturated carbocycles. The van der Waals surface area contributed by atoms with Crippen LogP contribution in [0.15, 0.2) is 12.3 Å². The summed E-state index contributed by atoms with van der Waals surface area (Å²) in [6, 6.07) is 2.88. The number of rotatable bonds is 12. The van der Waals surface area contributed by atoms with Gasteiger partial charge in [0, 0.05) is 31.8 Å². The van der Waals surface area contributed by atoms with Crippen molar-refractivity contribution in [2.45, 2.75) is 52.1 Å². The van der Waals surface area contributed by atoms with Gasteiger partial charge < -0.3 is 14.8 Å². The second kappa shape index (κ2) is 10.8. The SMILES string of the molecule is CCCNC(COCCOC)Cc1ccn(C(C)CC)n1. The summed E-state index contributed by atoms with van der Waals surface area (Å²) in [5.41, 5.74) is 1.12. The molecule has 122 valence electrons. The highest BCUT2D eigenvalue weighted by Gasteiger charge is 2.12. The fourth-order valence-corrected chi connectivity index (χ4v) is 2.08. The maximum atomic E-state index is 5.66. The molecule has 0 bridgehead atoms. The zero-order valence-corrected chi connectivity index (χ0v) is 14.0. The highest BCUT2D eigenvalue weighted by atomic mass is 16.5. The van der Waals surface area contributed by atoms with E-state index in [1.807, 2.05) is 0 Å². The molecule has 5 heteroatoms. The van der Waals surface area contributed by atoms with Crippen molar-refractivity contribution in [3.63, 3.8) is 0 Å². The van der Waals surface area contributed by atoms with Crippen LogP contribution in [0.1, 0.15) is 45.3 Å². The molecular weight excluding hydrogens is 266 g/mol. The van der Waals surface area contributed by atoms with Crippen LogP contribution in [0.2, 0.25) is 0 Å². The van der Waals surface area contributed by atoms with E-state index in [9.17, 15) is 0 Å². The van der Waals surface area contributed by atoms with Crippen molar-refractivity contribution < 1.29 is 9.47 Å². The third kappa shape index (κ3) is 7.07. The quantitative estimate of drug-likeness (QED) is 0.602. The fraction of sp³-hybridized carbons (Fsp3) is 0.812. The molecule has 0 fully saturated rings. The predicted octanol–water partition coefficient (Wildman–Crippen LogP) is 2.43. The number of ether oxygens (including phenoxy) is 2. The topological polar surface area (TPSA) is 48.3 Å². The summed E-state index contributed by atoms with van der Waals surface area (Å²) < 4.78 is 12.7. The average molecular weight is 297 g/mol. The van der Waals surface area contributed by atoms with E-state index in [1.165, 1.54) is 0 Å². The van der Waals surface area contributed by atoms with Gasteiger partial charge in [-0.2, -0.15) is 5.10 Å². The summed E-state index contributed by atoms with van der Waals surface area (Å²) in [4.78, 5) is 0. The first-order valence-corrected chi connectivity index (χ1v) is 8.05. The van der Waals surface area contributed by atoms with Crippen LogP contribution in [-0.2, 0) is 15.9 Å². The Morgan fingerprint density at radius 3 is 2.81 bits per heavy atom. The molecule has 0 amide bonds. The molecule has 5 nitrogen and oxygen atoms in total. The lowest BCUT2D eigenvalue weighted by Crippen LogP contribution is -2.36. The first-order chi connectivity index (χ1) is 10.2. The van der Waals surface area contributed by atoms with Crippen molar-refractivity contribution >= 4 is 0 Å². The molecular formula is C16H31N3O2. The minimum absolute atomic E-state index is 0.307. The Bertz CT molecular complexity index is 368. The van der Waals surface area contributed by atoms with E-state index < -0.39 is 0 Å². The first kappa shape index (κ1) is 18.1. The summed E-state index contributed by atoms with van der Waals surface area (Å²) in [5, 5.41) is 8.20. The van der Waals surface area contributed by atoms with E-state index in [2.05, 4.69) is 48.1 Å². The Hall–Kier alpha value is -0.910. The molecule has 2 unspecified atom stereocenters. The highest BCUT2D eigenvalue weighted by molar-refractivity contribution is 5.02. The van der Waals surface area contributed by atoms with E-state index >= 15 is 0 Å². The van der Waals surface area contributed by atoms with E-state index in [1.54, 1.807) is 7.11 Å². The molecule has 0 aliphatic carbocycles. The van der Waals surface area contributed by atoms with Crippen molar-refractivity contribution in [2.75, 3.05) is 33.5 Å². The van der Waals surface area contributed by atoms with Crippen molar-refractivity contribution in [3.8, 4) is 0 Å². The van der Waals surface area contributed by atoms with E-state index in [4.69, 9.17) is 9.47 Å². The van der Waals surface area contributed by atoms with Crippen molar-refractivity contribution in [1.82, 2.24) is 15.1 Å². The van der Waals surface area contributed by atoms with Gasteiger partial charge in [0.15, 0.2) is 0 Å². The van der Waals surface area contributed by atoms with Crippen LogP contribution >= 0.6 is 0 Å². The molecule has 1 rings (SSSR count). The van der Waals surface area contributed by atoms with Gasteiger partial charge in [-0.05, 0) is 32.4 Å². The van der Waals surface area contributed by atoms with Gasteiger partial charge in [-0.3, -0.25) is 4.68 Å². The van der Waals surface area contributed by atoms with Crippen LogP contribution in [0.5, 0.6) is 0 Å². The maximum Gasteiger partial charge on any atom is 0.0701 e. The van der Waals surface area contributed by atoms with Crippen molar-refractivity contribution in [3.05, 3.63) is 18.0 Å². The first-order valence-electron chi connectivity index (χ1n) is 8.05. The maximum absolute atomic E-state index is 5.66. The molecule has 0 aromatic carbocycles. The summed E-state index contributed by atoms with van der Waals surface area (Å²) in [6.07, 6.45) is 5.19. The normalized spacial score (nSPS) is 14.3. The standard InChI is InChI=1S/C16H31N3O2/c1-5-8-17-16(13-21-11-10-20-4)12-15-7-9-19(18-15)14(3)6-2/h7,9,14,16-17H,5-6,8,10-13H2,1-4H3. The fourth-order valence-electron chi connectivity index (χ4n) is 2.08. The van der Waals surface area contributed by atoms with Crippen LogP contribution in [-0.4, -0.2) is 49.3 Å². The zero-order valence-electron chi connectivity index (χ0n) is 14.0. The van der Waals surface area contributed by atoms with Gasteiger partial charge in [0.05, 0.1) is 25.5 Å². The van der Waals surface area contributed by atoms with Gasteiger partial charge in [-0.1, -0.05) is 13.8 Å². The van der Waals surface area contributed by atoms with Crippen LogP contribution in [0, 0.1) is 0 Å². The lowest BCUT2D eigenvalue weighted by molar-refractivity contribution is 0.0586. The Morgan fingerprint density at radius 1 is 1.33 bits per heavy atom. The van der Waals surface area contributed by atoms with Gasteiger partial charge in [0.2, 0.25) is 0 Å². The van der Waals surface area contributed by atoms with Crippen molar-refractivity contribution in [2.24, 2.45) is 0 Å². The lowest BCUT2D eigenvalue weighted by atomic mass is 10.1. The molecule has 1 aromatic heterocycles. The number of methoxy groups -OCH3 is 1. The number of nitrogens with one attached hydrogen (secondary N) is 1. The smallest absolute Gasteiger partial charge is 0.0701 e. The second-order valence-electron chi connectivity index (χ2n) is 5.47. The summed E-state index contributed by atoms with van der Waals surface area (Å²) in [5.74, 6) is 0. The third-order valence-corrected chi connectivity index (χ3v) is 3.60. The lowest BCUT2D eigenvalue weighted by Gasteiger charge is -2.17. The number of hydrogen-bond donors (Lipinski definition) is 1.